The molecule has 2 aromatic carbocycles. The number of amides is 1. The van der Waals surface area contributed by atoms with E-state index in [2.05, 4.69) is 26.1 Å². The molecular formula is C21H28N2O2. The Morgan fingerprint density at radius 2 is 1.56 bits per heavy atom. The van der Waals surface area contributed by atoms with Crippen molar-refractivity contribution in [2.45, 2.75) is 39.2 Å². The molecule has 2 aromatic rings. The standard InChI is InChI=1S/C21H28N2O2/c1-15(25-19-13-7-16(8-14-19)21(2,3)4)20(24)22-17-9-11-18(12-10-17)23(5)6/h7-15H,1-6H3,(H,22,24). The van der Waals surface area contributed by atoms with Crippen molar-refractivity contribution in [1.82, 2.24) is 0 Å². The van der Waals surface area contributed by atoms with E-state index >= 15 is 0 Å². The van der Waals surface area contributed by atoms with Crippen LogP contribution >= 0.6 is 0 Å². The summed E-state index contributed by atoms with van der Waals surface area (Å²) in [5.41, 5.74) is 3.17. The molecule has 0 aromatic heterocycles. The molecule has 4 nitrogen and oxygen atoms in total. The smallest absolute Gasteiger partial charge is 0.265 e. The lowest BCUT2D eigenvalue weighted by molar-refractivity contribution is -0.122. The van der Waals surface area contributed by atoms with Gasteiger partial charge in [0, 0.05) is 25.5 Å². The summed E-state index contributed by atoms with van der Waals surface area (Å²) in [6, 6.07) is 15.6. The molecule has 0 aliphatic carbocycles. The minimum Gasteiger partial charge on any atom is -0.481 e. The average molecular weight is 340 g/mol. The van der Waals surface area contributed by atoms with Crippen LogP contribution in [0.25, 0.3) is 0 Å². The van der Waals surface area contributed by atoms with Crippen LogP contribution in [0.3, 0.4) is 0 Å². The first-order valence-corrected chi connectivity index (χ1v) is 8.52. The Balaban J connectivity index is 1.95. The number of ether oxygens (including phenoxy) is 1. The van der Waals surface area contributed by atoms with Crippen molar-refractivity contribution in [3.05, 3.63) is 54.1 Å². The second-order valence-corrected chi connectivity index (χ2v) is 7.47. The Labute approximate surface area is 150 Å². The number of carbonyl (C=O) groups excluding carboxylic acids is 1. The van der Waals surface area contributed by atoms with Gasteiger partial charge in [-0.1, -0.05) is 32.9 Å². The topological polar surface area (TPSA) is 41.6 Å². The predicted molar refractivity (Wildman–Crippen MR) is 105 cm³/mol. The van der Waals surface area contributed by atoms with Gasteiger partial charge in [-0.2, -0.15) is 0 Å². The molecule has 1 atom stereocenters. The van der Waals surface area contributed by atoms with Crippen LogP contribution in [0.15, 0.2) is 48.5 Å². The zero-order valence-corrected chi connectivity index (χ0v) is 16.0. The van der Waals surface area contributed by atoms with Gasteiger partial charge in [0.15, 0.2) is 6.10 Å². The average Bonchev–Trinajstić information content (AvgIpc) is 2.55. The van der Waals surface area contributed by atoms with Gasteiger partial charge in [0.1, 0.15) is 5.75 Å². The van der Waals surface area contributed by atoms with Gasteiger partial charge in [0.05, 0.1) is 0 Å². The summed E-state index contributed by atoms with van der Waals surface area (Å²) in [7, 11) is 3.96. The van der Waals surface area contributed by atoms with Crippen LogP contribution in [0, 0.1) is 0 Å². The molecule has 4 heteroatoms. The molecule has 0 saturated heterocycles. The molecule has 1 unspecified atom stereocenters. The van der Waals surface area contributed by atoms with E-state index in [9.17, 15) is 4.79 Å². The van der Waals surface area contributed by atoms with Gasteiger partial charge in [-0.25, -0.2) is 0 Å². The van der Waals surface area contributed by atoms with E-state index in [-0.39, 0.29) is 11.3 Å². The molecule has 0 aliphatic rings. The monoisotopic (exact) mass is 340 g/mol. The highest BCUT2D eigenvalue weighted by Crippen LogP contribution is 2.24. The normalized spacial score (nSPS) is 12.4. The van der Waals surface area contributed by atoms with Gasteiger partial charge >= 0.3 is 0 Å². The number of nitrogens with zero attached hydrogens (tertiary/aromatic N) is 1. The Morgan fingerprint density at radius 3 is 2.04 bits per heavy atom. The fourth-order valence-corrected chi connectivity index (χ4v) is 2.38. The van der Waals surface area contributed by atoms with Crippen LogP contribution < -0.4 is 15.0 Å². The van der Waals surface area contributed by atoms with Crippen molar-refractivity contribution >= 4 is 17.3 Å². The molecule has 25 heavy (non-hydrogen) atoms. The van der Waals surface area contributed by atoms with E-state index in [4.69, 9.17) is 4.74 Å². The molecule has 134 valence electrons. The minimum atomic E-state index is -0.575. The Hall–Kier alpha value is -2.49. The Morgan fingerprint density at radius 1 is 1.00 bits per heavy atom. The summed E-state index contributed by atoms with van der Waals surface area (Å²) in [6.45, 7) is 8.25. The van der Waals surface area contributed by atoms with Gasteiger partial charge in [-0.15, -0.1) is 0 Å². The first-order valence-electron chi connectivity index (χ1n) is 8.52. The number of carbonyl (C=O) groups is 1. The zero-order chi connectivity index (χ0) is 18.6. The van der Waals surface area contributed by atoms with Crippen molar-refractivity contribution < 1.29 is 9.53 Å². The highest BCUT2D eigenvalue weighted by Gasteiger charge is 2.16. The molecule has 1 amide bonds. The number of rotatable bonds is 5. The molecule has 0 spiro atoms. The molecule has 0 saturated carbocycles. The third-order valence-corrected chi connectivity index (χ3v) is 4.05. The van der Waals surface area contributed by atoms with Gasteiger partial charge in [-0.05, 0) is 54.3 Å². The van der Waals surface area contributed by atoms with E-state index in [1.54, 1.807) is 6.92 Å². The number of hydrogen-bond donors (Lipinski definition) is 1. The predicted octanol–water partition coefficient (Wildman–Crippen LogP) is 4.46. The van der Waals surface area contributed by atoms with Crippen molar-refractivity contribution in [3.8, 4) is 5.75 Å². The Kier molecular flexibility index (Phi) is 5.73. The van der Waals surface area contributed by atoms with Gasteiger partial charge < -0.3 is 15.0 Å². The summed E-state index contributed by atoms with van der Waals surface area (Å²) in [5.74, 6) is 0.524. The highest BCUT2D eigenvalue weighted by molar-refractivity contribution is 5.94. The number of anilines is 2. The minimum absolute atomic E-state index is 0.0975. The SMILES string of the molecule is CC(Oc1ccc(C(C)(C)C)cc1)C(=O)Nc1ccc(N(C)C)cc1. The summed E-state index contributed by atoms with van der Waals surface area (Å²) < 4.78 is 5.76. The maximum atomic E-state index is 12.3. The lowest BCUT2D eigenvalue weighted by Crippen LogP contribution is -2.30. The van der Waals surface area contributed by atoms with Gasteiger partial charge in [0.25, 0.3) is 5.91 Å². The summed E-state index contributed by atoms with van der Waals surface area (Å²) in [4.78, 5) is 14.3. The number of benzene rings is 2. The van der Waals surface area contributed by atoms with Crippen LogP contribution in [0.1, 0.15) is 33.3 Å². The van der Waals surface area contributed by atoms with Crippen LogP contribution in [0.4, 0.5) is 11.4 Å². The van der Waals surface area contributed by atoms with Crippen molar-refractivity contribution in [2.75, 3.05) is 24.3 Å². The maximum absolute atomic E-state index is 12.3. The fraction of sp³-hybridized carbons (Fsp3) is 0.381. The lowest BCUT2D eigenvalue weighted by atomic mass is 9.87. The quantitative estimate of drug-likeness (QED) is 0.874. The number of nitrogens with one attached hydrogen (secondary N) is 1. The lowest BCUT2D eigenvalue weighted by Gasteiger charge is -2.20. The van der Waals surface area contributed by atoms with E-state index in [1.165, 1.54) is 5.56 Å². The van der Waals surface area contributed by atoms with E-state index < -0.39 is 6.10 Å². The fourth-order valence-electron chi connectivity index (χ4n) is 2.38. The summed E-state index contributed by atoms with van der Waals surface area (Å²) in [6.07, 6.45) is -0.575. The van der Waals surface area contributed by atoms with Crippen LogP contribution in [-0.4, -0.2) is 26.1 Å². The molecule has 0 radical (unpaired) electrons. The molecule has 1 N–H and O–H groups in total. The van der Waals surface area contributed by atoms with Crippen LogP contribution in [-0.2, 0) is 10.2 Å². The largest absolute Gasteiger partial charge is 0.481 e. The maximum Gasteiger partial charge on any atom is 0.265 e. The van der Waals surface area contributed by atoms with E-state index in [1.807, 2.05) is 67.5 Å². The third-order valence-electron chi connectivity index (χ3n) is 4.05. The summed E-state index contributed by atoms with van der Waals surface area (Å²) >= 11 is 0. The molecule has 0 fully saturated rings. The van der Waals surface area contributed by atoms with Gasteiger partial charge in [0.2, 0.25) is 0 Å². The van der Waals surface area contributed by atoms with Crippen LogP contribution in [0.2, 0.25) is 0 Å². The summed E-state index contributed by atoms with van der Waals surface area (Å²) in [5, 5.41) is 2.88. The molecule has 0 aliphatic heterocycles. The number of hydrogen-bond acceptors (Lipinski definition) is 3. The highest BCUT2D eigenvalue weighted by atomic mass is 16.5. The van der Waals surface area contributed by atoms with E-state index in [0.717, 1.165) is 11.4 Å². The van der Waals surface area contributed by atoms with Crippen molar-refractivity contribution in [2.24, 2.45) is 0 Å². The van der Waals surface area contributed by atoms with Crippen LogP contribution in [0.5, 0.6) is 5.75 Å². The van der Waals surface area contributed by atoms with Crippen molar-refractivity contribution in [3.63, 3.8) is 0 Å². The van der Waals surface area contributed by atoms with Crippen molar-refractivity contribution in [1.29, 1.82) is 0 Å². The second kappa shape index (κ2) is 7.60. The first-order chi connectivity index (χ1) is 11.7. The first kappa shape index (κ1) is 18.8. The molecular weight excluding hydrogens is 312 g/mol. The van der Waals surface area contributed by atoms with E-state index in [0.29, 0.717) is 5.75 Å². The molecule has 0 heterocycles. The third kappa shape index (κ3) is 5.24. The molecule has 0 bridgehead atoms. The van der Waals surface area contributed by atoms with Gasteiger partial charge in [-0.3, -0.25) is 4.79 Å². The second-order valence-electron chi connectivity index (χ2n) is 7.47. The molecule has 2 rings (SSSR count). The Bertz CT molecular complexity index is 698. The zero-order valence-electron chi connectivity index (χ0n) is 16.0.